The number of aromatic nitrogens is 2. The first kappa shape index (κ1) is 23.6. The molecule has 0 bridgehead atoms. The standard InChI is InChI=1S/C21H14F6N4O2/c1-28-15(32)10-12(11-5-3-2-4-6-11)13-9-14(22)16(23)17(24)18(13)31-8-7-29-20(31)30-19(33)21(25,26)27/h2-10H,1H3,(H,28,32)(H,29,30,33)/b12-10+. The van der Waals surface area contributed by atoms with E-state index in [9.17, 15) is 31.5 Å². The van der Waals surface area contributed by atoms with Gasteiger partial charge in [-0.25, -0.2) is 18.2 Å². The van der Waals surface area contributed by atoms with E-state index >= 15 is 4.39 Å². The van der Waals surface area contributed by atoms with Crippen LogP contribution < -0.4 is 10.6 Å². The summed E-state index contributed by atoms with van der Waals surface area (Å²) in [6.45, 7) is 0. The molecule has 3 aromatic rings. The van der Waals surface area contributed by atoms with Crippen molar-refractivity contribution in [1.82, 2.24) is 14.9 Å². The van der Waals surface area contributed by atoms with Gasteiger partial charge < -0.3 is 5.32 Å². The Kier molecular flexibility index (Phi) is 6.56. The SMILES string of the molecule is CNC(=O)/C=C(\c1ccccc1)c1cc(F)c(F)c(F)c1-n1ccnc1NC(=O)C(F)(F)F. The lowest BCUT2D eigenvalue weighted by molar-refractivity contribution is -0.167. The minimum Gasteiger partial charge on any atom is -0.356 e. The predicted molar refractivity (Wildman–Crippen MR) is 106 cm³/mol. The van der Waals surface area contributed by atoms with Gasteiger partial charge in [0, 0.05) is 31.1 Å². The highest BCUT2D eigenvalue weighted by Crippen LogP contribution is 2.34. The molecule has 12 heteroatoms. The number of carbonyl (C=O) groups is 2. The van der Waals surface area contributed by atoms with Crippen LogP contribution in [0.25, 0.3) is 11.3 Å². The summed E-state index contributed by atoms with van der Waals surface area (Å²) < 4.78 is 82.1. The topological polar surface area (TPSA) is 76.0 Å². The van der Waals surface area contributed by atoms with E-state index in [2.05, 4.69) is 10.3 Å². The lowest BCUT2D eigenvalue weighted by atomic mass is 9.95. The summed E-state index contributed by atoms with van der Waals surface area (Å²) in [6.07, 6.45) is -2.45. The van der Waals surface area contributed by atoms with E-state index in [0.717, 1.165) is 18.5 Å². The van der Waals surface area contributed by atoms with Crippen LogP contribution in [-0.4, -0.2) is 34.6 Å². The van der Waals surface area contributed by atoms with Crippen molar-refractivity contribution in [2.24, 2.45) is 0 Å². The van der Waals surface area contributed by atoms with Gasteiger partial charge in [-0.05, 0) is 17.2 Å². The summed E-state index contributed by atoms with van der Waals surface area (Å²) >= 11 is 0. The Hall–Kier alpha value is -4.09. The molecular weight excluding hydrogens is 454 g/mol. The van der Waals surface area contributed by atoms with Crippen LogP contribution in [0.15, 0.2) is 54.9 Å². The first-order valence-corrected chi connectivity index (χ1v) is 9.13. The molecule has 0 atom stereocenters. The van der Waals surface area contributed by atoms with E-state index < -0.39 is 47.1 Å². The third kappa shape index (κ3) is 4.89. The number of carbonyl (C=O) groups excluding carboxylic acids is 2. The lowest BCUT2D eigenvalue weighted by Crippen LogP contribution is -2.31. The number of halogens is 6. The second-order valence-electron chi connectivity index (χ2n) is 6.49. The summed E-state index contributed by atoms with van der Waals surface area (Å²) in [4.78, 5) is 27.0. The van der Waals surface area contributed by atoms with Gasteiger partial charge in [-0.2, -0.15) is 13.2 Å². The molecule has 0 aliphatic heterocycles. The van der Waals surface area contributed by atoms with Crippen molar-refractivity contribution >= 4 is 23.3 Å². The van der Waals surface area contributed by atoms with Gasteiger partial charge in [-0.1, -0.05) is 30.3 Å². The third-order valence-corrected chi connectivity index (χ3v) is 4.40. The number of amides is 2. The highest BCUT2D eigenvalue weighted by atomic mass is 19.4. The predicted octanol–water partition coefficient (Wildman–Crippen LogP) is 3.97. The Bertz CT molecular complexity index is 1240. The quantitative estimate of drug-likeness (QED) is 0.338. The molecule has 2 aromatic carbocycles. The summed E-state index contributed by atoms with van der Waals surface area (Å²) in [5, 5.41) is 3.76. The van der Waals surface area contributed by atoms with Crippen LogP contribution in [0.1, 0.15) is 11.1 Å². The zero-order valence-electron chi connectivity index (χ0n) is 16.7. The number of anilines is 1. The van der Waals surface area contributed by atoms with Gasteiger partial charge in [0.15, 0.2) is 17.5 Å². The van der Waals surface area contributed by atoms with Crippen LogP contribution in [0.4, 0.5) is 32.3 Å². The van der Waals surface area contributed by atoms with Gasteiger partial charge >= 0.3 is 12.1 Å². The van der Waals surface area contributed by atoms with Crippen LogP contribution >= 0.6 is 0 Å². The molecule has 3 rings (SSSR count). The number of benzene rings is 2. The van der Waals surface area contributed by atoms with Crippen molar-refractivity contribution in [2.45, 2.75) is 6.18 Å². The third-order valence-electron chi connectivity index (χ3n) is 4.40. The van der Waals surface area contributed by atoms with E-state index in [4.69, 9.17) is 0 Å². The van der Waals surface area contributed by atoms with E-state index in [1.54, 1.807) is 18.2 Å². The number of nitrogens with one attached hydrogen (secondary N) is 2. The summed E-state index contributed by atoms with van der Waals surface area (Å²) in [6, 6.07) is 8.35. The molecule has 0 spiro atoms. The minimum atomic E-state index is -5.29. The molecule has 172 valence electrons. The van der Waals surface area contributed by atoms with Crippen LogP contribution in [0.2, 0.25) is 0 Å². The molecular formula is C21H14F6N4O2. The maximum Gasteiger partial charge on any atom is 0.471 e. The van der Waals surface area contributed by atoms with Crippen LogP contribution in [0.3, 0.4) is 0 Å². The van der Waals surface area contributed by atoms with Crippen molar-refractivity contribution in [3.8, 4) is 5.69 Å². The van der Waals surface area contributed by atoms with Crippen molar-refractivity contribution in [3.05, 3.63) is 83.4 Å². The average Bonchev–Trinajstić information content (AvgIpc) is 3.23. The number of rotatable bonds is 5. The second-order valence-corrected chi connectivity index (χ2v) is 6.49. The number of alkyl halides is 3. The number of imidazole rings is 1. The highest BCUT2D eigenvalue weighted by Gasteiger charge is 2.39. The monoisotopic (exact) mass is 468 g/mol. The fraction of sp³-hybridized carbons (Fsp3) is 0.0952. The molecule has 1 aromatic heterocycles. The van der Waals surface area contributed by atoms with Gasteiger partial charge in [0.2, 0.25) is 11.9 Å². The molecule has 2 N–H and O–H groups in total. The first-order chi connectivity index (χ1) is 15.5. The van der Waals surface area contributed by atoms with Crippen molar-refractivity contribution < 1.29 is 35.9 Å². The largest absolute Gasteiger partial charge is 0.471 e. The zero-order valence-corrected chi connectivity index (χ0v) is 16.7. The maximum absolute atomic E-state index is 15.0. The molecule has 33 heavy (non-hydrogen) atoms. The van der Waals surface area contributed by atoms with Crippen LogP contribution in [0, 0.1) is 17.5 Å². The lowest BCUT2D eigenvalue weighted by Gasteiger charge is -2.18. The van der Waals surface area contributed by atoms with Gasteiger partial charge in [0.25, 0.3) is 0 Å². The first-order valence-electron chi connectivity index (χ1n) is 9.13. The highest BCUT2D eigenvalue weighted by molar-refractivity contribution is 6.00. The van der Waals surface area contributed by atoms with E-state index in [1.165, 1.54) is 24.5 Å². The fourth-order valence-corrected chi connectivity index (χ4v) is 2.91. The number of likely N-dealkylation sites (N-methyl/N-ethyl adjacent to an activating group) is 1. The van der Waals surface area contributed by atoms with Crippen molar-refractivity contribution in [1.29, 1.82) is 0 Å². The smallest absolute Gasteiger partial charge is 0.356 e. The average molecular weight is 468 g/mol. The zero-order chi connectivity index (χ0) is 24.3. The van der Waals surface area contributed by atoms with Crippen molar-refractivity contribution in [3.63, 3.8) is 0 Å². The number of nitrogens with zero attached hydrogens (tertiary/aromatic N) is 2. The molecule has 6 nitrogen and oxygen atoms in total. The van der Waals surface area contributed by atoms with E-state index in [0.29, 0.717) is 10.6 Å². The molecule has 2 amide bonds. The minimum absolute atomic E-state index is 0.0791. The number of hydrogen-bond acceptors (Lipinski definition) is 3. The van der Waals surface area contributed by atoms with Crippen LogP contribution in [-0.2, 0) is 9.59 Å². The van der Waals surface area contributed by atoms with Gasteiger partial charge in [0.05, 0.1) is 5.69 Å². The number of hydrogen-bond donors (Lipinski definition) is 2. The summed E-state index contributed by atoms with van der Waals surface area (Å²) in [7, 11) is 1.30. The summed E-state index contributed by atoms with van der Waals surface area (Å²) in [5.41, 5.74) is -0.956. The summed E-state index contributed by atoms with van der Waals surface area (Å²) in [5.74, 6) is -9.20. The molecule has 0 fully saturated rings. The van der Waals surface area contributed by atoms with Crippen molar-refractivity contribution in [2.75, 3.05) is 12.4 Å². The Labute approximate surface area is 182 Å². The van der Waals surface area contributed by atoms with Gasteiger partial charge in [0.1, 0.15) is 0 Å². The molecule has 0 aliphatic rings. The molecule has 0 radical (unpaired) electrons. The van der Waals surface area contributed by atoms with E-state index in [1.807, 2.05) is 0 Å². The Morgan fingerprint density at radius 1 is 1.06 bits per heavy atom. The molecule has 0 saturated heterocycles. The Morgan fingerprint density at radius 2 is 1.73 bits per heavy atom. The Balaban J connectivity index is 2.31. The fourth-order valence-electron chi connectivity index (χ4n) is 2.91. The van der Waals surface area contributed by atoms with Gasteiger partial charge in [-0.3, -0.25) is 19.5 Å². The Morgan fingerprint density at radius 3 is 2.33 bits per heavy atom. The molecule has 0 aliphatic carbocycles. The van der Waals surface area contributed by atoms with Crippen LogP contribution in [0.5, 0.6) is 0 Å². The van der Waals surface area contributed by atoms with Gasteiger partial charge in [-0.15, -0.1) is 0 Å². The second kappa shape index (κ2) is 9.18. The normalized spacial score (nSPS) is 11.9. The maximum atomic E-state index is 15.0. The molecule has 1 heterocycles. The van der Waals surface area contributed by atoms with E-state index in [-0.39, 0.29) is 16.7 Å². The molecule has 0 unspecified atom stereocenters. The molecule has 0 saturated carbocycles.